The highest BCUT2D eigenvalue weighted by Crippen LogP contribution is 2.33. The molecule has 0 spiro atoms. The number of ether oxygens (including phenoxy) is 1. The molecule has 0 fully saturated rings. The molecule has 102 valence electrons. The number of benzene rings is 1. The molecule has 0 bridgehead atoms. The molecular weight excluding hydrogens is 244 g/mol. The van der Waals surface area contributed by atoms with E-state index in [-0.39, 0.29) is 17.8 Å². The molecule has 1 aliphatic rings. The van der Waals surface area contributed by atoms with Crippen molar-refractivity contribution in [2.45, 2.75) is 25.9 Å². The third kappa shape index (κ3) is 2.76. The summed E-state index contributed by atoms with van der Waals surface area (Å²) in [5.41, 5.74) is 6.58. The molecule has 1 amide bonds. The van der Waals surface area contributed by atoms with Gasteiger partial charge in [-0.3, -0.25) is 9.59 Å². The zero-order valence-electron chi connectivity index (χ0n) is 11.2. The van der Waals surface area contributed by atoms with Crippen molar-refractivity contribution in [3.8, 4) is 5.75 Å². The van der Waals surface area contributed by atoms with Crippen LogP contribution in [0.4, 0.5) is 5.69 Å². The summed E-state index contributed by atoms with van der Waals surface area (Å²) in [6, 6.07) is 5.15. The maximum absolute atomic E-state index is 11.9. The fraction of sp³-hybridized carbons (Fsp3) is 0.429. The number of hydrogen-bond donors (Lipinski definition) is 1. The number of carbonyl (C=O) groups is 2. The number of nitrogens with zero attached hydrogens (tertiary/aromatic N) is 1. The van der Waals surface area contributed by atoms with Gasteiger partial charge in [-0.1, -0.05) is 0 Å². The van der Waals surface area contributed by atoms with Crippen LogP contribution in [-0.4, -0.2) is 31.4 Å². The minimum absolute atomic E-state index is 0.0188. The number of hydrogen-bond acceptors (Lipinski definition) is 4. The van der Waals surface area contributed by atoms with E-state index in [4.69, 9.17) is 10.5 Å². The Balaban J connectivity index is 2.40. The normalized spacial score (nSPS) is 18.6. The van der Waals surface area contributed by atoms with Crippen LogP contribution in [0.25, 0.3) is 0 Å². The zero-order chi connectivity index (χ0) is 14.0. The Kier molecular flexibility index (Phi) is 3.85. The second-order valence-corrected chi connectivity index (χ2v) is 4.73. The quantitative estimate of drug-likeness (QED) is 0.835. The number of amides is 1. The van der Waals surface area contributed by atoms with Crippen LogP contribution in [0.5, 0.6) is 5.75 Å². The molecule has 1 atom stereocenters. The maximum atomic E-state index is 11.9. The van der Waals surface area contributed by atoms with Crippen molar-refractivity contribution in [3.05, 3.63) is 23.8 Å². The van der Waals surface area contributed by atoms with E-state index in [1.807, 2.05) is 6.92 Å². The van der Waals surface area contributed by atoms with Gasteiger partial charge in [-0.15, -0.1) is 0 Å². The van der Waals surface area contributed by atoms with Gasteiger partial charge < -0.3 is 15.4 Å². The van der Waals surface area contributed by atoms with Gasteiger partial charge in [0.25, 0.3) is 0 Å². The van der Waals surface area contributed by atoms with Crippen LogP contribution in [-0.2, 0) is 4.79 Å². The fourth-order valence-electron chi connectivity index (χ4n) is 2.10. The van der Waals surface area contributed by atoms with Gasteiger partial charge in [0.2, 0.25) is 5.91 Å². The van der Waals surface area contributed by atoms with Crippen LogP contribution < -0.4 is 15.4 Å². The Morgan fingerprint density at radius 2 is 2.26 bits per heavy atom. The monoisotopic (exact) mass is 262 g/mol. The van der Waals surface area contributed by atoms with Crippen LogP contribution in [0.2, 0.25) is 0 Å². The molecule has 5 heteroatoms. The lowest BCUT2D eigenvalue weighted by Gasteiger charge is -2.17. The predicted molar refractivity (Wildman–Crippen MR) is 72.6 cm³/mol. The van der Waals surface area contributed by atoms with Crippen LogP contribution in [0.1, 0.15) is 30.1 Å². The topological polar surface area (TPSA) is 72.6 Å². The second kappa shape index (κ2) is 5.40. The lowest BCUT2D eigenvalue weighted by atomic mass is 10.1. The maximum Gasteiger partial charge on any atom is 0.230 e. The predicted octanol–water partition coefficient (Wildman–Crippen LogP) is 1.35. The first-order chi connectivity index (χ1) is 9.02. The summed E-state index contributed by atoms with van der Waals surface area (Å²) in [6.45, 7) is 2.17. The molecule has 1 aliphatic heterocycles. The highest BCUT2D eigenvalue weighted by Gasteiger charge is 2.24. The van der Waals surface area contributed by atoms with E-state index < -0.39 is 0 Å². The van der Waals surface area contributed by atoms with Gasteiger partial charge >= 0.3 is 0 Å². The number of anilines is 1. The number of rotatable bonds is 3. The van der Waals surface area contributed by atoms with Crippen molar-refractivity contribution in [2.75, 3.05) is 18.5 Å². The van der Waals surface area contributed by atoms with Crippen molar-refractivity contribution in [2.24, 2.45) is 5.73 Å². The molecule has 0 aromatic heterocycles. The average Bonchev–Trinajstić information content (AvgIpc) is 2.47. The Hall–Kier alpha value is -1.88. The van der Waals surface area contributed by atoms with Crippen LogP contribution in [0.3, 0.4) is 0 Å². The van der Waals surface area contributed by atoms with Gasteiger partial charge in [0, 0.05) is 19.0 Å². The highest BCUT2D eigenvalue weighted by molar-refractivity contribution is 6.00. The minimum atomic E-state index is -0.165. The number of carbonyl (C=O) groups excluding carboxylic acids is 2. The average molecular weight is 262 g/mol. The van der Waals surface area contributed by atoms with Gasteiger partial charge in [0.15, 0.2) is 5.78 Å². The molecule has 0 saturated carbocycles. The first-order valence-electron chi connectivity index (χ1n) is 6.33. The first-order valence-corrected chi connectivity index (χ1v) is 6.33. The summed E-state index contributed by atoms with van der Waals surface area (Å²) in [4.78, 5) is 25.3. The molecule has 1 aromatic rings. The summed E-state index contributed by atoms with van der Waals surface area (Å²) in [5, 5.41) is 0. The van der Waals surface area contributed by atoms with E-state index in [1.165, 1.54) is 4.90 Å². The third-order valence-corrected chi connectivity index (χ3v) is 3.18. The summed E-state index contributed by atoms with van der Waals surface area (Å²) >= 11 is 0. The SMILES string of the molecule is CC1CC(=O)N(C)c2cc(C(=O)CCN)ccc2O1. The molecule has 1 unspecified atom stereocenters. The molecular formula is C14H18N2O3. The summed E-state index contributed by atoms with van der Waals surface area (Å²) in [7, 11) is 1.69. The summed E-state index contributed by atoms with van der Waals surface area (Å²) < 4.78 is 5.69. The zero-order valence-corrected chi connectivity index (χ0v) is 11.2. The minimum Gasteiger partial charge on any atom is -0.488 e. The summed E-state index contributed by atoms with van der Waals surface area (Å²) in [6.07, 6.45) is 0.465. The van der Waals surface area contributed by atoms with E-state index >= 15 is 0 Å². The number of Topliss-reactive ketones (excluding diaryl/α,β-unsaturated/α-hetero) is 1. The van der Waals surface area contributed by atoms with E-state index in [0.29, 0.717) is 36.4 Å². The van der Waals surface area contributed by atoms with Gasteiger partial charge in [-0.2, -0.15) is 0 Å². The van der Waals surface area contributed by atoms with Gasteiger partial charge in [-0.05, 0) is 31.7 Å². The van der Waals surface area contributed by atoms with Crippen LogP contribution >= 0.6 is 0 Å². The smallest absolute Gasteiger partial charge is 0.230 e. The fourth-order valence-corrected chi connectivity index (χ4v) is 2.10. The second-order valence-electron chi connectivity index (χ2n) is 4.73. The van der Waals surface area contributed by atoms with E-state index in [0.717, 1.165) is 0 Å². The van der Waals surface area contributed by atoms with Crippen molar-refractivity contribution < 1.29 is 14.3 Å². The van der Waals surface area contributed by atoms with Crippen molar-refractivity contribution in [1.82, 2.24) is 0 Å². The highest BCUT2D eigenvalue weighted by atomic mass is 16.5. The Labute approximate surface area is 112 Å². The third-order valence-electron chi connectivity index (χ3n) is 3.18. The molecule has 0 aliphatic carbocycles. The first kappa shape index (κ1) is 13.5. The van der Waals surface area contributed by atoms with Crippen molar-refractivity contribution >= 4 is 17.4 Å². The van der Waals surface area contributed by atoms with Crippen LogP contribution in [0, 0.1) is 0 Å². The van der Waals surface area contributed by atoms with E-state index in [2.05, 4.69) is 0 Å². The van der Waals surface area contributed by atoms with E-state index in [9.17, 15) is 9.59 Å². The largest absolute Gasteiger partial charge is 0.488 e. The number of ketones is 1. The lowest BCUT2D eigenvalue weighted by Crippen LogP contribution is -2.27. The Morgan fingerprint density at radius 3 is 2.95 bits per heavy atom. The Morgan fingerprint density at radius 1 is 1.53 bits per heavy atom. The molecule has 0 saturated heterocycles. The van der Waals surface area contributed by atoms with Crippen molar-refractivity contribution in [1.29, 1.82) is 0 Å². The van der Waals surface area contributed by atoms with Gasteiger partial charge in [0.1, 0.15) is 11.9 Å². The van der Waals surface area contributed by atoms with Gasteiger partial charge in [0.05, 0.1) is 12.1 Å². The van der Waals surface area contributed by atoms with E-state index in [1.54, 1.807) is 25.2 Å². The molecule has 1 aromatic carbocycles. The standard InChI is InChI=1S/C14H18N2O3/c1-9-7-14(18)16(2)11-8-10(12(17)5-6-15)3-4-13(11)19-9/h3-4,8-9H,5-7,15H2,1-2H3. The number of fused-ring (bicyclic) bond motifs is 1. The van der Waals surface area contributed by atoms with Crippen LogP contribution in [0.15, 0.2) is 18.2 Å². The lowest BCUT2D eigenvalue weighted by molar-refractivity contribution is -0.119. The van der Waals surface area contributed by atoms with Gasteiger partial charge in [-0.25, -0.2) is 0 Å². The summed E-state index contributed by atoms with van der Waals surface area (Å²) in [5.74, 6) is 0.586. The number of nitrogens with two attached hydrogens (primary N) is 1. The molecule has 0 radical (unpaired) electrons. The Bertz CT molecular complexity index is 513. The molecule has 2 rings (SSSR count). The molecule has 19 heavy (non-hydrogen) atoms. The molecule has 2 N–H and O–H groups in total. The molecule has 1 heterocycles. The van der Waals surface area contributed by atoms with Crippen molar-refractivity contribution in [3.63, 3.8) is 0 Å². The molecule has 5 nitrogen and oxygen atoms in total.